The van der Waals surface area contributed by atoms with E-state index in [1.54, 1.807) is 36.4 Å². The van der Waals surface area contributed by atoms with Gasteiger partial charge in [0.1, 0.15) is 17.3 Å². The molecule has 1 aliphatic rings. The van der Waals surface area contributed by atoms with E-state index in [0.29, 0.717) is 33.7 Å². The Morgan fingerprint density at radius 1 is 1.05 bits per heavy atom. The van der Waals surface area contributed by atoms with Gasteiger partial charge in [-0.25, -0.2) is 14.2 Å². The number of aliphatic hydroxyl groups is 1. The minimum atomic E-state index is -1.06. The van der Waals surface area contributed by atoms with Crippen molar-refractivity contribution in [1.29, 1.82) is 0 Å². The minimum absolute atomic E-state index is 0.140. The third-order valence-electron chi connectivity index (χ3n) is 6.24. The van der Waals surface area contributed by atoms with Crippen molar-refractivity contribution in [2.75, 3.05) is 18.6 Å². The molecule has 1 atom stereocenters. The Kier molecular flexibility index (Phi) is 7.12. The first kappa shape index (κ1) is 26.1. The molecule has 0 saturated carbocycles. The summed E-state index contributed by atoms with van der Waals surface area (Å²) in [4.78, 5) is 44.4. The van der Waals surface area contributed by atoms with Gasteiger partial charge < -0.3 is 14.6 Å². The first-order valence-electron chi connectivity index (χ1n) is 12.1. The number of esters is 1. The van der Waals surface area contributed by atoms with E-state index in [1.165, 1.54) is 42.3 Å². The molecule has 198 valence electrons. The van der Waals surface area contributed by atoms with E-state index in [9.17, 15) is 23.9 Å². The van der Waals surface area contributed by atoms with Crippen LogP contribution in [0.3, 0.4) is 0 Å². The van der Waals surface area contributed by atoms with E-state index < -0.39 is 29.5 Å². The lowest BCUT2D eigenvalue weighted by molar-refractivity contribution is -0.132. The van der Waals surface area contributed by atoms with Crippen LogP contribution in [0.25, 0.3) is 16.0 Å². The fraction of sp³-hybridized carbons (Fsp3) is 0.172. The monoisotopic (exact) mass is 546 g/mol. The third kappa shape index (κ3) is 4.86. The summed E-state index contributed by atoms with van der Waals surface area (Å²) in [5.74, 6) is -2.56. The highest BCUT2D eigenvalue weighted by atomic mass is 32.1. The smallest absolute Gasteiger partial charge is 0.337 e. The van der Waals surface area contributed by atoms with Crippen LogP contribution in [0.4, 0.5) is 9.52 Å². The number of rotatable bonds is 7. The number of ketones is 1. The van der Waals surface area contributed by atoms with Crippen molar-refractivity contribution in [1.82, 2.24) is 4.98 Å². The molecule has 1 N–H and O–H groups in total. The second kappa shape index (κ2) is 10.7. The number of nitrogens with zero attached hydrogens (tertiary/aromatic N) is 2. The lowest BCUT2D eigenvalue weighted by Gasteiger charge is -2.23. The number of hydrogen-bond donors (Lipinski definition) is 1. The van der Waals surface area contributed by atoms with Gasteiger partial charge in [-0.1, -0.05) is 30.4 Å². The quantitative estimate of drug-likeness (QED) is 0.138. The average Bonchev–Trinajstić information content (AvgIpc) is 3.48. The molecule has 3 aromatic carbocycles. The zero-order chi connectivity index (χ0) is 27.7. The van der Waals surface area contributed by atoms with Gasteiger partial charge in [-0.05, 0) is 66.6 Å². The summed E-state index contributed by atoms with van der Waals surface area (Å²) < 4.78 is 24.7. The summed E-state index contributed by atoms with van der Waals surface area (Å²) in [7, 11) is 1.26. The molecular formula is C29H23FN2O6S. The van der Waals surface area contributed by atoms with Crippen LogP contribution in [0.2, 0.25) is 0 Å². The van der Waals surface area contributed by atoms with E-state index in [4.69, 9.17) is 9.47 Å². The van der Waals surface area contributed by atoms with Gasteiger partial charge in [-0.3, -0.25) is 14.5 Å². The maximum atomic E-state index is 13.8. The van der Waals surface area contributed by atoms with E-state index in [1.807, 2.05) is 6.92 Å². The van der Waals surface area contributed by atoms with Gasteiger partial charge in [0.25, 0.3) is 5.78 Å². The number of aromatic nitrogens is 1. The van der Waals surface area contributed by atoms with Gasteiger partial charge in [0, 0.05) is 5.56 Å². The van der Waals surface area contributed by atoms with E-state index in [-0.39, 0.29) is 22.0 Å². The lowest BCUT2D eigenvalue weighted by atomic mass is 9.94. The number of anilines is 1. The van der Waals surface area contributed by atoms with Gasteiger partial charge >= 0.3 is 11.9 Å². The van der Waals surface area contributed by atoms with Crippen LogP contribution in [0.15, 0.2) is 72.3 Å². The summed E-state index contributed by atoms with van der Waals surface area (Å²) in [5, 5.41) is 11.5. The second-order valence-electron chi connectivity index (χ2n) is 8.76. The van der Waals surface area contributed by atoms with Crippen molar-refractivity contribution < 1.29 is 33.4 Å². The summed E-state index contributed by atoms with van der Waals surface area (Å²) in [5.41, 5.74) is 1.37. The fourth-order valence-electron chi connectivity index (χ4n) is 4.34. The highest BCUT2D eigenvalue weighted by Gasteiger charge is 2.48. The number of Topliss-reactive ketones (excluding diaryl/α,β-unsaturated/α-hetero) is 1. The van der Waals surface area contributed by atoms with Gasteiger partial charge in [0.2, 0.25) is 0 Å². The van der Waals surface area contributed by atoms with Gasteiger partial charge in [-0.2, -0.15) is 0 Å². The Morgan fingerprint density at radius 2 is 1.74 bits per heavy atom. The lowest BCUT2D eigenvalue weighted by Crippen LogP contribution is -2.29. The standard InChI is InChI=1S/C29H23FN2O6S/c1-3-14-38-20-11-8-17(9-12-20)25(33)23-24(16-4-6-18(7-5-16)28(36)37-2)32(27(35)26(23)34)29-31-21-13-10-19(30)15-22(21)39-29/h4-13,15,24,33H,3,14H2,1-2H3. The largest absolute Gasteiger partial charge is 0.507 e. The van der Waals surface area contributed by atoms with Gasteiger partial charge in [-0.15, -0.1) is 0 Å². The molecule has 39 heavy (non-hydrogen) atoms. The molecular weight excluding hydrogens is 523 g/mol. The normalized spacial score (nSPS) is 16.6. The van der Waals surface area contributed by atoms with Crippen molar-refractivity contribution in [3.8, 4) is 5.75 Å². The molecule has 0 aliphatic carbocycles. The second-order valence-corrected chi connectivity index (χ2v) is 9.77. The van der Waals surface area contributed by atoms with Crippen LogP contribution in [-0.4, -0.2) is 41.5 Å². The fourth-order valence-corrected chi connectivity index (χ4v) is 5.36. The van der Waals surface area contributed by atoms with Crippen LogP contribution in [0.5, 0.6) is 5.75 Å². The summed E-state index contributed by atoms with van der Waals surface area (Å²) in [6, 6.07) is 15.7. The minimum Gasteiger partial charge on any atom is -0.507 e. The summed E-state index contributed by atoms with van der Waals surface area (Å²) >= 11 is 1.05. The van der Waals surface area contributed by atoms with E-state index >= 15 is 0 Å². The summed E-state index contributed by atoms with van der Waals surface area (Å²) in [6.45, 7) is 2.52. The molecule has 1 saturated heterocycles. The predicted octanol–water partition coefficient (Wildman–Crippen LogP) is 5.64. The number of ether oxygens (including phenoxy) is 2. The first-order valence-corrected chi connectivity index (χ1v) is 12.9. The number of amides is 1. The molecule has 0 radical (unpaired) electrons. The number of benzene rings is 3. The Hall–Kier alpha value is -4.57. The molecule has 8 nitrogen and oxygen atoms in total. The Morgan fingerprint density at radius 3 is 2.41 bits per heavy atom. The van der Waals surface area contributed by atoms with Crippen LogP contribution < -0.4 is 9.64 Å². The number of halogens is 1. The number of thiazole rings is 1. The van der Waals surface area contributed by atoms with Crippen molar-refractivity contribution >= 4 is 50.1 Å². The maximum absolute atomic E-state index is 13.8. The number of aliphatic hydroxyl groups excluding tert-OH is 1. The third-order valence-corrected chi connectivity index (χ3v) is 7.26. The molecule has 1 aromatic heterocycles. The molecule has 1 unspecified atom stereocenters. The van der Waals surface area contributed by atoms with Crippen LogP contribution in [-0.2, 0) is 14.3 Å². The highest BCUT2D eigenvalue weighted by Crippen LogP contribution is 2.44. The highest BCUT2D eigenvalue weighted by molar-refractivity contribution is 7.22. The van der Waals surface area contributed by atoms with Crippen molar-refractivity contribution in [2.24, 2.45) is 0 Å². The Labute approximate surface area is 226 Å². The zero-order valence-electron chi connectivity index (χ0n) is 21.0. The maximum Gasteiger partial charge on any atom is 0.337 e. The number of hydrogen-bond acceptors (Lipinski definition) is 8. The molecule has 0 spiro atoms. The number of methoxy groups -OCH3 is 1. The molecule has 1 aliphatic heterocycles. The average molecular weight is 547 g/mol. The first-order chi connectivity index (χ1) is 18.8. The van der Waals surface area contributed by atoms with Crippen molar-refractivity contribution in [3.05, 3.63) is 94.8 Å². The van der Waals surface area contributed by atoms with E-state index in [2.05, 4.69) is 4.98 Å². The van der Waals surface area contributed by atoms with Crippen molar-refractivity contribution in [2.45, 2.75) is 19.4 Å². The van der Waals surface area contributed by atoms with Gasteiger partial charge in [0.05, 0.1) is 41.1 Å². The molecule has 10 heteroatoms. The molecule has 5 rings (SSSR count). The molecule has 1 amide bonds. The number of fused-ring (bicyclic) bond motifs is 1. The van der Waals surface area contributed by atoms with Crippen LogP contribution in [0.1, 0.15) is 40.9 Å². The zero-order valence-corrected chi connectivity index (χ0v) is 21.8. The summed E-state index contributed by atoms with van der Waals surface area (Å²) in [6.07, 6.45) is 0.832. The number of carbonyl (C=O) groups is 3. The predicted molar refractivity (Wildman–Crippen MR) is 144 cm³/mol. The van der Waals surface area contributed by atoms with Crippen molar-refractivity contribution in [3.63, 3.8) is 0 Å². The Bertz CT molecular complexity index is 1610. The topological polar surface area (TPSA) is 106 Å². The number of carbonyl (C=O) groups excluding carboxylic acids is 3. The molecule has 4 aromatic rings. The molecule has 0 bridgehead atoms. The van der Waals surface area contributed by atoms with E-state index in [0.717, 1.165) is 17.8 Å². The van der Waals surface area contributed by atoms with Gasteiger partial charge in [0.15, 0.2) is 5.13 Å². The SMILES string of the molecule is CCCOc1ccc(C(O)=C2C(=O)C(=O)N(c3nc4ccc(F)cc4s3)C2c2ccc(C(=O)OC)cc2)cc1. The van der Waals surface area contributed by atoms with Crippen LogP contribution >= 0.6 is 11.3 Å². The van der Waals surface area contributed by atoms with Crippen LogP contribution in [0, 0.1) is 5.82 Å². The molecule has 2 heterocycles. The molecule has 1 fully saturated rings. The Balaban J connectivity index is 1.65.